The van der Waals surface area contributed by atoms with Crippen LogP contribution in [0.15, 0.2) is 12.3 Å². The first-order chi connectivity index (χ1) is 8.49. The first kappa shape index (κ1) is 13.9. The highest BCUT2D eigenvalue weighted by atomic mass is 16.6. The van der Waals surface area contributed by atoms with Crippen molar-refractivity contribution in [1.29, 1.82) is 5.26 Å². The molecule has 0 aliphatic heterocycles. The Labute approximate surface area is 106 Å². The smallest absolute Gasteiger partial charge is 0.312 e. The van der Waals surface area contributed by atoms with E-state index in [-0.39, 0.29) is 23.1 Å². The summed E-state index contributed by atoms with van der Waals surface area (Å²) in [6.45, 7) is 6.08. The molecule has 0 aliphatic carbocycles. The lowest BCUT2D eigenvalue weighted by molar-refractivity contribution is -0.384. The van der Waals surface area contributed by atoms with E-state index in [9.17, 15) is 10.1 Å². The SMILES string of the molecule is CCC(C)C(C)Nc1ncc(C#N)cc1[N+](=O)[O-]. The quantitative estimate of drug-likeness (QED) is 0.638. The summed E-state index contributed by atoms with van der Waals surface area (Å²) in [6, 6.07) is 3.15. The van der Waals surface area contributed by atoms with Gasteiger partial charge in [-0.05, 0) is 12.8 Å². The van der Waals surface area contributed by atoms with Crippen LogP contribution in [0.1, 0.15) is 32.8 Å². The number of aromatic nitrogens is 1. The van der Waals surface area contributed by atoms with Gasteiger partial charge in [0.05, 0.1) is 10.5 Å². The Morgan fingerprint density at radius 3 is 2.78 bits per heavy atom. The van der Waals surface area contributed by atoms with Gasteiger partial charge in [-0.1, -0.05) is 20.3 Å². The summed E-state index contributed by atoms with van der Waals surface area (Å²) < 4.78 is 0. The molecule has 6 nitrogen and oxygen atoms in total. The van der Waals surface area contributed by atoms with Gasteiger partial charge in [0.15, 0.2) is 0 Å². The molecule has 0 aromatic carbocycles. The van der Waals surface area contributed by atoms with Gasteiger partial charge in [-0.2, -0.15) is 5.26 Å². The Bertz CT molecular complexity index is 481. The Morgan fingerprint density at radius 2 is 2.28 bits per heavy atom. The van der Waals surface area contributed by atoms with Crippen LogP contribution < -0.4 is 5.32 Å². The van der Waals surface area contributed by atoms with Crippen molar-refractivity contribution in [2.24, 2.45) is 5.92 Å². The lowest BCUT2D eigenvalue weighted by Gasteiger charge is -2.20. The van der Waals surface area contributed by atoms with E-state index in [1.165, 1.54) is 12.3 Å². The van der Waals surface area contributed by atoms with Crippen molar-refractivity contribution in [1.82, 2.24) is 4.98 Å². The van der Waals surface area contributed by atoms with Crippen molar-refractivity contribution >= 4 is 11.5 Å². The molecule has 0 spiro atoms. The van der Waals surface area contributed by atoms with Gasteiger partial charge >= 0.3 is 5.69 Å². The first-order valence-electron chi connectivity index (χ1n) is 5.80. The number of nitrogens with zero attached hydrogens (tertiary/aromatic N) is 3. The molecule has 0 amide bonds. The Hall–Kier alpha value is -2.16. The summed E-state index contributed by atoms with van der Waals surface area (Å²) in [5.41, 5.74) is 0.0210. The van der Waals surface area contributed by atoms with Crippen LogP contribution in [0, 0.1) is 27.4 Å². The molecule has 6 heteroatoms. The lowest BCUT2D eigenvalue weighted by Crippen LogP contribution is -2.24. The van der Waals surface area contributed by atoms with Crippen LogP contribution in [0.4, 0.5) is 11.5 Å². The minimum absolute atomic E-state index is 0.0779. The largest absolute Gasteiger partial charge is 0.362 e. The van der Waals surface area contributed by atoms with Crippen LogP contribution in [0.5, 0.6) is 0 Å². The number of nitro groups is 1. The molecular formula is C12H16N4O2. The molecule has 1 aromatic rings. The zero-order valence-electron chi connectivity index (χ0n) is 10.7. The average Bonchev–Trinajstić information content (AvgIpc) is 2.37. The summed E-state index contributed by atoms with van der Waals surface area (Å²) in [7, 11) is 0. The fourth-order valence-electron chi connectivity index (χ4n) is 1.48. The summed E-state index contributed by atoms with van der Waals surface area (Å²) in [4.78, 5) is 14.4. The Morgan fingerprint density at radius 1 is 1.61 bits per heavy atom. The molecule has 96 valence electrons. The molecule has 1 heterocycles. The molecule has 2 atom stereocenters. The van der Waals surface area contributed by atoms with Crippen LogP contribution in [0.3, 0.4) is 0 Å². The average molecular weight is 248 g/mol. The second-order valence-electron chi connectivity index (χ2n) is 4.28. The van der Waals surface area contributed by atoms with Crippen LogP contribution >= 0.6 is 0 Å². The topological polar surface area (TPSA) is 91.8 Å². The maximum absolute atomic E-state index is 10.9. The van der Waals surface area contributed by atoms with Crippen molar-refractivity contribution < 1.29 is 4.92 Å². The van der Waals surface area contributed by atoms with E-state index in [1.54, 1.807) is 0 Å². The molecule has 1 N–H and O–H groups in total. The van der Waals surface area contributed by atoms with Crippen LogP contribution in [0.2, 0.25) is 0 Å². The van der Waals surface area contributed by atoms with Crippen molar-refractivity contribution in [3.63, 3.8) is 0 Å². The molecule has 1 aromatic heterocycles. The van der Waals surface area contributed by atoms with E-state index in [0.717, 1.165) is 6.42 Å². The zero-order valence-corrected chi connectivity index (χ0v) is 10.7. The lowest BCUT2D eigenvalue weighted by atomic mass is 10.0. The van der Waals surface area contributed by atoms with E-state index >= 15 is 0 Å². The summed E-state index contributed by atoms with van der Waals surface area (Å²) in [5, 5.41) is 22.7. The normalized spacial score (nSPS) is 13.4. The Balaban J connectivity index is 3.02. The molecule has 0 saturated carbocycles. The highest BCUT2D eigenvalue weighted by Gasteiger charge is 2.19. The summed E-state index contributed by atoms with van der Waals surface area (Å²) in [5.74, 6) is 0.592. The maximum atomic E-state index is 10.9. The predicted octanol–water partition coefficient (Wildman–Crippen LogP) is 2.71. The molecule has 18 heavy (non-hydrogen) atoms. The number of hydrogen-bond acceptors (Lipinski definition) is 5. The molecule has 1 rings (SSSR count). The monoisotopic (exact) mass is 248 g/mol. The van der Waals surface area contributed by atoms with Gasteiger partial charge < -0.3 is 5.32 Å². The van der Waals surface area contributed by atoms with Crippen LogP contribution in [-0.2, 0) is 0 Å². The molecular weight excluding hydrogens is 232 g/mol. The highest BCUT2D eigenvalue weighted by Crippen LogP contribution is 2.24. The number of nitrogens with one attached hydrogen (secondary N) is 1. The standard InChI is InChI=1S/C12H16N4O2/c1-4-8(2)9(3)15-12-11(16(17)18)5-10(6-13)7-14-12/h5,7-9H,4H2,1-3H3,(H,14,15). The first-order valence-corrected chi connectivity index (χ1v) is 5.80. The van der Waals surface area contributed by atoms with Crippen molar-refractivity contribution in [2.45, 2.75) is 33.2 Å². The number of pyridine rings is 1. The third-order valence-corrected chi connectivity index (χ3v) is 3.06. The second-order valence-corrected chi connectivity index (χ2v) is 4.28. The number of hydrogen-bond donors (Lipinski definition) is 1. The van der Waals surface area contributed by atoms with Gasteiger partial charge in [-0.15, -0.1) is 0 Å². The van der Waals surface area contributed by atoms with Crippen molar-refractivity contribution in [2.75, 3.05) is 5.32 Å². The summed E-state index contributed by atoms with van der Waals surface area (Å²) >= 11 is 0. The highest BCUT2D eigenvalue weighted by molar-refractivity contribution is 5.58. The number of nitriles is 1. The molecule has 0 fully saturated rings. The van der Waals surface area contributed by atoms with Gasteiger partial charge in [0.25, 0.3) is 0 Å². The summed E-state index contributed by atoms with van der Waals surface area (Å²) in [6.07, 6.45) is 2.30. The van der Waals surface area contributed by atoms with E-state index in [0.29, 0.717) is 5.92 Å². The van der Waals surface area contributed by atoms with Gasteiger partial charge in [0.2, 0.25) is 5.82 Å². The van der Waals surface area contributed by atoms with Gasteiger partial charge in [-0.3, -0.25) is 10.1 Å². The second kappa shape index (κ2) is 5.96. The molecule has 2 unspecified atom stereocenters. The number of anilines is 1. The third kappa shape index (κ3) is 3.17. The zero-order chi connectivity index (χ0) is 13.7. The van der Waals surface area contributed by atoms with Crippen molar-refractivity contribution in [3.05, 3.63) is 27.9 Å². The van der Waals surface area contributed by atoms with Crippen molar-refractivity contribution in [3.8, 4) is 6.07 Å². The Kier molecular flexibility index (Phi) is 4.60. The molecule has 0 aliphatic rings. The molecule has 0 bridgehead atoms. The fourth-order valence-corrected chi connectivity index (χ4v) is 1.48. The van der Waals surface area contributed by atoms with Gasteiger partial charge in [0.1, 0.15) is 6.07 Å². The van der Waals surface area contributed by atoms with E-state index in [2.05, 4.69) is 24.1 Å². The minimum Gasteiger partial charge on any atom is -0.362 e. The maximum Gasteiger partial charge on any atom is 0.312 e. The molecule has 0 radical (unpaired) electrons. The third-order valence-electron chi connectivity index (χ3n) is 3.06. The van der Waals surface area contributed by atoms with E-state index in [4.69, 9.17) is 5.26 Å². The number of rotatable bonds is 5. The van der Waals surface area contributed by atoms with E-state index in [1.807, 2.05) is 13.0 Å². The van der Waals surface area contributed by atoms with Crippen LogP contribution in [-0.4, -0.2) is 15.9 Å². The molecule has 0 saturated heterocycles. The fraction of sp³-hybridized carbons (Fsp3) is 0.500. The van der Waals surface area contributed by atoms with Gasteiger partial charge in [0, 0.05) is 18.3 Å². The predicted molar refractivity (Wildman–Crippen MR) is 68.1 cm³/mol. The van der Waals surface area contributed by atoms with Crippen LogP contribution in [0.25, 0.3) is 0 Å². The van der Waals surface area contributed by atoms with Gasteiger partial charge in [-0.25, -0.2) is 4.98 Å². The minimum atomic E-state index is -0.528. The van der Waals surface area contributed by atoms with E-state index < -0.39 is 4.92 Å².